The number of amides is 1. The SMILES string of the molecule is CC(=O)N1CCC(NCC[C@H]2CC[C@@H](c3ccc(F)cc3Cl)CC2)C1. The first-order valence-corrected chi connectivity index (χ1v) is 9.84. The van der Waals surface area contributed by atoms with E-state index >= 15 is 0 Å². The van der Waals surface area contributed by atoms with Crippen molar-refractivity contribution in [2.75, 3.05) is 19.6 Å². The monoisotopic (exact) mass is 366 g/mol. The van der Waals surface area contributed by atoms with E-state index in [-0.39, 0.29) is 11.7 Å². The van der Waals surface area contributed by atoms with Crippen molar-refractivity contribution in [3.8, 4) is 0 Å². The summed E-state index contributed by atoms with van der Waals surface area (Å²) in [5.74, 6) is 1.15. The molecule has 3 rings (SSSR count). The van der Waals surface area contributed by atoms with Gasteiger partial charge in [0.05, 0.1) is 0 Å². The molecule has 1 unspecified atom stereocenters. The highest BCUT2D eigenvalue weighted by Gasteiger charge is 2.26. The molecule has 1 aromatic carbocycles. The maximum Gasteiger partial charge on any atom is 0.219 e. The molecule has 0 aromatic heterocycles. The fraction of sp³-hybridized carbons (Fsp3) is 0.650. The molecule has 25 heavy (non-hydrogen) atoms. The van der Waals surface area contributed by atoms with Crippen LogP contribution in [-0.4, -0.2) is 36.5 Å². The van der Waals surface area contributed by atoms with E-state index in [0.29, 0.717) is 17.0 Å². The van der Waals surface area contributed by atoms with Crippen molar-refractivity contribution in [2.45, 2.75) is 57.4 Å². The van der Waals surface area contributed by atoms with E-state index in [1.807, 2.05) is 11.0 Å². The lowest BCUT2D eigenvalue weighted by Crippen LogP contribution is -2.35. The smallest absolute Gasteiger partial charge is 0.219 e. The van der Waals surface area contributed by atoms with E-state index in [4.69, 9.17) is 11.6 Å². The average Bonchev–Trinajstić information content (AvgIpc) is 3.05. The van der Waals surface area contributed by atoms with E-state index in [9.17, 15) is 9.18 Å². The number of nitrogens with one attached hydrogen (secondary N) is 1. The molecule has 1 aliphatic carbocycles. The Morgan fingerprint density at radius 2 is 2.04 bits per heavy atom. The molecular formula is C20H28ClFN2O. The van der Waals surface area contributed by atoms with Gasteiger partial charge in [0.25, 0.3) is 0 Å². The highest BCUT2D eigenvalue weighted by atomic mass is 35.5. The van der Waals surface area contributed by atoms with Crippen molar-refractivity contribution in [1.82, 2.24) is 10.2 Å². The summed E-state index contributed by atoms with van der Waals surface area (Å²) in [6.45, 7) is 4.42. The highest BCUT2D eigenvalue weighted by Crippen LogP contribution is 2.39. The van der Waals surface area contributed by atoms with Gasteiger partial charge >= 0.3 is 0 Å². The fourth-order valence-electron chi connectivity index (χ4n) is 4.30. The van der Waals surface area contributed by atoms with Crippen LogP contribution in [0.15, 0.2) is 18.2 Å². The zero-order valence-electron chi connectivity index (χ0n) is 14.9. The highest BCUT2D eigenvalue weighted by molar-refractivity contribution is 6.31. The van der Waals surface area contributed by atoms with E-state index in [0.717, 1.165) is 50.4 Å². The topological polar surface area (TPSA) is 32.3 Å². The number of carbonyl (C=O) groups is 1. The predicted molar refractivity (Wildman–Crippen MR) is 99.4 cm³/mol. The zero-order valence-corrected chi connectivity index (χ0v) is 15.7. The number of rotatable bonds is 5. The van der Waals surface area contributed by atoms with Gasteiger partial charge in [0, 0.05) is 31.1 Å². The second kappa shape index (κ2) is 8.50. The second-order valence-corrected chi connectivity index (χ2v) is 7.98. The Morgan fingerprint density at radius 1 is 1.28 bits per heavy atom. The Kier molecular flexibility index (Phi) is 6.34. The quantitative estimate of drug-likeness (QED) is 0.840. The third-order valence-corrected chi connectivity index (χ3v) is 6.20. The summed E-state index contributed by atoms with van der Waals surface area (Å²) in [5, 5.41) is 4.19. The number of halogens is 2. The van der Waals surface area contributed by atoms with Crippen LogP contribution in [0.5, 0.6) is 0 Å². The third-order valence-electron chi connectivity index (χ3n) is 5.87. The summed E-state index contributed by atoms with van der Waals surface area (Å²) in [7, 11) is 0. The van der Waals surface area contributed by atoms with Crippen LogP contribution >= 0.6 is 11.6 Å². The molecule has 2 aliphatic rings. The molecule has 1 aliphatic heterocycles. The lowest BCUT2D eigenvalue weighted by atomic mass is 9.77. The molecule has 1 saturated heterocycles. The van der Waals surface area contributed by atoms with Gasteiger partial charge in [-0.3, -0.25) is 4.79 Å². The maximum absolute atomic E-state index is 13.2. The predicted octanol–water partition coefficient (Wildman–Crippen LogP) is 4.35. The Bertz CT molecular complexity index is 601. The number of benzene rings is 1. The van der Waals surface area contributed by atoms with Gasteiger partial charge in [0.2, 0.25) is 5.91 Å². The molecule has 1 aromatic rings. The van der Waals surface area contributed by atoms with Gasteiger partial charge in [-0.25, -0.2) is 4.39 Å². The van der Waals surface area contributed by atoms with Crippen molar-refractivity contribution in [3.63, 3.8) is 0 Å². The molecule has 1 heterocycles. The van der Waals surface area contributed by atoms with Gasteiger partial charge in [-0.15, -0.1) is 0 Å². The van der Waals surface area contributed by atoms with Crippen molar-refractivity contribution in [1.29, 1.82) is 0 Å². The molecule has 1 amide bonds. The summed E-state index contributed by atoms with van der Waals surface area (Å²) in [6, 6.07) is 5.26. The molecule has 5 heteroatoms. The van der Waals surface area contributed by atoms with Crippen LogP contribution in [0, 0.1) is 11.7 Å². The summed E-state index contributed by atoms with van der Waals surface area (Å²) in [5.41, 5.74) is 1.11. The summed E-state index contributed by atoms with van der Waals surface area (Å²) in [6.07, 6.45) is 6.96. The van der Waals surface area contributed by atoms with E-state index in [2.05, 4.69) is 5.32 Å². The number of hydrogen-bond donors (Lipinski definition) is 1. The van der Waals surface area contributed by atoms with Gasteiger partial charge < -0.3 is 10.2 Å². The first-order valence-electron chi connectivity index (χ1n) is 9.46. The Morgan fingerprint density at radius 3 is 2.68 bits per heavy atom. The summed E-state index contributed by atoms with van der Waals surface area (Å²) in [4.78, 5) is 13.3. The molecule has 1 N–H and O–H groups in total. The van der Waals surface area contributed by atoms with E-state index < -0.39 is 0 Å². The van der Waals surface area contributed by atoms with Gasteiger partial charge in [-0.1, -0.05) is 17.7 Å². The van der Waals surface area contributed by atoms with Gasteiger partial charge in [-0.2, -0.15) is 0 Å². The number of nitrogens with zero attached hydrogens (tertiary/aromatic N) is 1. The van der Waals surface area contributed by atoms with Gasteiger partial charge in [0.15, 0.2) is 0 Å². The van der Waals surface area contributed by atoms with Gasteiger partial charge in [0.1, 0.15) is 5.82 Å². The van der Waals surface area contributed by atoms with Crippen molar-refractivity contribution in [3.05, 3.63) is 34.6 Å². The van der Waals surface area contributed by atoms with Crippen LogP contribution in [0.25, 0.3) is 0 Å². The van der Waals surface area contributed by atoms with E-state index in [1.165, 1.54) is 31.4 Å². The molecular weight excluding hydrogens is 339 g/mol. The first kappa shape index (κ1) is 18.7. The van der Waals surface area contributed by atoms with Crippen molar-refractivity contribution in [2.24, 2.45) is 5.92 Å². The lowest BCUT2D eigenvalue weighted by molar-refractivity contribution is -0.127. The van der Waals surface area contributed by atoms with Gasteiger partial charge in [-0.05, 0) is 74.6 Å². The Labute approximate surface area is 154 Å². The molecule has 0 bridgehead atoms. The first-order chi connectivity index (χ1) is 12.0. The standard InChI is InChI=1S/C20H28ClFN2O/c1-14(25)24-11-9-18(13-24)23-10-8-15-2-4-16(5-3-15)19-7-6-17(22)12-20(19)21/h6-7,12,15-16,18,23H,2-5,8-11,13H2,1H3/t15-,16+,18?. The molecule has 3 nitrogen and oxygen atoms in total. The minimum Gasteiger partial charge on any atom is -0.341 e. The lowest BCUT2D eigenvalue weighted by Gasteiger charge is -2.29. The van der Waals surface area contributed by atoms with Crippen LogP contribution in [0.2, 0.25) is 5.02 Å². The number of likely N-dealkylation sites (tertiary alicyclic amines) is 1. The van der Waals surface area contributed by atoms with Crippen molar-refractivity contribution < 1.29 is 9.18 Å². The second-order valence-electron chi connectivity index (χ2n) is 7.58. The Hall–Kier alpha value is -1.13. The van der Waals surface area contributed by atoms with Crippen molar-refractivity contribution >= 4 is 17.5 Å². The molecule has 138 valence electrons. The summed E-state index contributed by atoms with van der Waals surface area (Å²) >= 11 is 6.21. The molecule has 0 spiro atoms. The number of hydrogen-bond acceptors (Lipinski definition) is 2. The largest absolute Gasteiger partial charge is 0.341 e. The van der Waals surface area contributed by atoms with E-state index in [1.54, 1.807) is 6.92 Å². The number of carbonyl (C=O) groups excluding carboxylic acids is 1. The van der Waals surface area contributed by atoms with Crippen LogP contribution in [0.1, 0.15) is 56.9 Å². The molecule has 0 radical (unpaired) electrons. The summed E-state index contributed by atoms with van der Waals surface area (Å²) < 4.78 is 13.2. The molecule has 2 fully saturated rings. The minimum atomic E-state index is -0.260. The molecule has 1 saturated carbocycles. The van der Waals surface area contributed by atoms with Crippen LogP contribution < -0.4 is 5.32 Å². The van der Waals surface area contributed by atoms with Crippen LogP contribution in [0.3, 0.4) is 0 Å². The minimum absolute atomic E-state index is 0.182. The van der Waals surface area contributed by atoms with Crippen LogP contribution in [-0.2, 0) is 4.79 Å². The normalized spacial score (nSPS) is 26.8. The Balaban J connectivity index is 1.38. The average molecular weight is 367 g/mol. The third kappa shape index (κ3) is 4.95. The maximum atomic E-state index is 13.2. The fourth-order valence-corrected chi connectivity index (χ4v) is 4.62. The molecule has 1 atom stereocenters. The zero-order chi connectivity index (χ0) is 17.8. The van der Waals surface area contributed by atoms with Crippen LogP contribution in [0.4, 0.5) is 4.39 Å².